The van der Waals surface area contributed by atoms with E-state index in [2.05, 4.69) is 37.7 Å². The lowest BCUT2D eigenvalue weighted by atomic mass is 9.62. The van der Waals surface area contributed by atoms with Crippen molar-refractivity contribution in [3.8, 4) is 0 Å². The Morgan fingerprint density at radius 3 is 2.21 bits per heavy atom. The summed E-state index contributed by atoms with van der Waals surface area (Å²) in [6, 6.07) is 0. The van der Waals surface area contributed by atoms with E-state index >= 15 is 0 Å². The molecule has 2 aliphatic rings. The van der Waals surface area contributed by atoms with Crippen molar-refractivity contribution < 1.29 is 0 Å². The third-order valence-corrected chi connectivity index (χ3v) is 5.52. The molecule has 0 unspecified atom stereocenters. The monoisotopic (exact) mass is 267 g/mol. The fourth-order valence-electron chi connectivity index (χ4n) is 4.05. The lowest BCUT2D eigenvalue weighted by Crippen LogP contribution is -2.64. The van der Waals surface area contributed by atoms with Gasteiger partial charge in [-0.2, -0.15) is 0 Å². The van der Waals surface area contributed by atoms with E-state index in [4.69, 9.17) is 5.73 Å². The minimum atomic E-state index is 0.359. The zero-order valence-electron chi connectivity index (χ0n) is 13.4. The number of piperidine rings is 1. The number of likely N-dealkylation sites (tertiary alicyclic amines) is 1. The van der Waals surface area contributed by atoms with E-state index in [0.717, 1.165) is 24.3 Å². The molecule has 3 heteroatoms. The molecule has 0 aromatic rings. The van der Waals surface area contributed by atoms with E-state index in [1.54, 1.807) is 0 Å². The summed E-state index contributed by atoms with van der Waals surface area (Å²) in [4.78, 5) is 5.05. The van der Waals surface area contributed by atoms with Crippen molar-refractivity contribution in [3.63, 3.8) is 0 Å². The van der Waals surface area contributed by atoms with Crippen LogP contribution in [0.2, 0.25) is 0 Å². The average Bonchev–Trinajstić information content (AvgIpc) is 2.29. The molecular formula is C16H33N3. The van der Waals surface area contributed by atoms with Crippen molar-refractivity contribution in [2.45, 2.75) is 45.1 Å². The topological polar surface area (TPSA) is 32.5 Å². The van der Waals surface area contributed by atoms with E-state index in [1.165, 1.54) is 45.3 Å². The maximum absolute atomic E-state index is 6.13. The number of nitrogens with zero attached hydrogens (tertiary/aromatic N) is 2. The summed E-state index contributed by atoms with van der Waals surface area (Å²) in [5.74, 6) is 2.62. The molecule has 0 spiro atoms. The fourth-order valence-corrected chi connectivity index (χ4v) is 4.05. The second kappa shape index (κ2) is 6.11. The molecule has 1 aliphatic heterocycles. The van der Waals surface area contributed by atoms with Crippen LogP contribution >= 0.6 is 0 Å². The van der Waals surface area contributed by atoms with E-state index in [-0.39, 0.29) is 0 Å². The van der Waals surface area contributed by atoms with Crippen LogP contribution < -0.4 is 5.73 Å². The van der Waals surface area contributed by atoms with Crippen LogP contribution in [0.3, 0.4) is 0 Å². The van der Waals surface area contributed by atoms with Crippen LogP contribution in [-0.4, -0.2) is 55.6 Å². The van der Waals surface area contributed by atoms with Gasteiger partial charge in [0, 0.05) is 18.6 Å². The molecule has 0 bridgehead atoms. The van der Waals surface area contributed by atoms with Crippen LogP contribution in [0.4, 0.5) is 0 Å². The van der Waals surface area contributed by atoms with E-state index in [0.29, 0.717) is 5.54 Å². The van der Waals surface area contributed by atoms with Gasteiger partial charge in [-0.1, -0.05) is 13.8 Å². The van der Waals surface area contributed by atoms with Crippen molar-refractivity contribution in [2.24, 2.45) is 23.5 Å². The Morgan fingerprint density at radius 2 is 1.79 bits per heavy atom. The molecule has 0 amide bonds. The van der Waals surface area contributed by atoms with Crippen LogP contribution in [0.1, 0.15) is 39.5 Å². The highest BCUT2D eigenvalue weighted by atomic mass is 15.2. The average molecular weight is 267 g/mol. The molecule has 1 saturated heterocycles. The van der Waals surface area contributed by atoms with Gasteiger partial charge in [-0.3, -0.25) is 4.90 Å². The molecule has 0 atom stereocenters. The van der Waals surface area contributed by atoms with Gasteiger partial charge in [-0.05, 0) is 70.6 Å². The minimum Gasteiger partial charge on any atom is -0.329 e. The Kier molecular flexibility index (Phi) is 4.91. The number of hydrogen-bond acceptors (Lipinski definition) is 3. The van der Waals surface area contributed by atoms with E-state index in [1.807, 2.05) is 0 Å². The van der Waals surface area contributed by atoms with Gasteiger partial charge >= 0.3 is 0 Å². The maximum atomic E-state index is 6.13. The quantitative estimate of drug-likeness (QED) is 0.827. The smallest absolute Gasteiger partial charge is 0.0337 e. The third-order valence-electron chi connectivity index (χ3n) is 5.52. The zero-order valence-corrected chi connectivity index (χ0v) is 13.4. The van der Waals surface area contributed by atoms with Crippen LogP contribution in [-0.2, 0) is 0 Å². The largest absolute Gasteiger partial charge is 0.329 e. The van der Waals surface area contributed by atoms with Gasteiger partial charge in [-0.15, -0.1) is 0 Å². The summed E-state index contributed by atoms with van der Waals surface area (Å²) in [6.45, 7) is 9.34. The van der Waals surface area contributed by atoms with Crippen molar-refractivity contribution in [3.05, 3.63) is 0 Å². The standard InChI is InChI=1S/C16H33N3/c1-13(2)15-9-16(10-15,12-17)19-7-5-14(6-8-19)11-18(3)4/h13-15H,5-12,17H2,1-4H3. The Balaban J connectivity index is 1.83. The van der Waals surface area contributed by atoms with Gasteiger partial charge < -0.3 is 10.6 Å². The van der Waals surface area contributed by atoms with Crippen molar-refractivity contribution in [1.82, 2.24) is 9.80 Å². The summed E-state index contributed by atoms with van der Waals surface area (Å²) in [5, 5.41) is 0. The lowest BCUT2D eigenvalue weighted by Gasteiger charge is -2.57. The normalized spacial score (nSPS) is 33.9. The lowest BCUT2D eigenvalue weighted by molar-refractivity contribution is -0.0523. The second-order valence-corrected chi connectivity index (χ2v) is 7.53. The van der Waals surface area contributed by atoms with Gasteiger partial charge in [0.2, 0.25) is 0 Å². The Morgan fingerprint density at radius 1 is 1.21 bits per heavy atom. The van der Waals surface area contributed by atoms with Gasteiger partial charge in [0.15, 0.2) is 0 Å². The molecule has 3 nitrogen and oxygen atoms in total. The summed E-state index contributed by atoms with van der Waals surface area (Å²) < 4.78 is 0. The molecule has 1 heterocycles. The first-order valence-corrected chi connectivity index (χ1v) is 8.06. The Bertz CT molecular complexity index is 274. The Labute approximate surface area is 119 Å². The SMILES string of the molecule is CC(C)C1CC(CN)(N2CCC(CN(C)C)CC2)C1. The number of nitrogens with two attached hydrogens (primary N) is 1. The van der Waals surface area contributed by atoms with Gasteiger partial charge in [-0.25, -0.2) is 0 Å². The zero-order chi connectivity index (χ0) is 14.0. The molecule has 1 saturated carbocycles. The molecule has 112 valence electrons. The predicted molar refractivity (Wildman–Crippen MR) is 82.2 cm³/mol. The molecule has 2 rings (SSSR count). The number of rotatable bonds is 5. The highest BCUT2D eigenvalue weighted by molar-refractivity contribution is 5.05. The molecule has 19 heavy (non-hydrogen) atoms. The molecule has 2 N–H and O–H groups in total. The molecular weight excluding hydrogens is 234 g/mol. The number of hydrogen-bond donors (Lipinski definition) is 1. The van der Waals surface area contributed by atoms with Gasteiger partial charge in [0.25, 0.3) is 0 Å². The van der Waals surface area contributed by atoms with E-state index < -0.39 is 0 Å². The Hall–Kier alpha value is -0.120. The van der Waals surface area contributed by atoms with Crippen molar-refractivity contribution in [1.29, 1.82) is 0 Å². The first kappa shape index (κ1) is 15.3. The van der Waals surface area contributed by atoms with Crippen LogP contribution in [0.15, 0.2) is 0 Å². The highest BCUT2D eigenvalue weighted by Crippen LogP contribution is 2.46. The first-order valence-electron chi connectivity index (χ1n) is 8.06. The summed E-state index contributed by atoms with van der Waals surface area (Å²) >= 11 is 0. The third kappa shape index (κ3) is 3.32. The van der Waals surface area contributed by atoms with Gasteiger partial charge in [0.05, 0.1) is 0 Å². The summed E-state index contributed by atoms with van der Waals surface area (Å²) in [6.07, 6.45) is 5.37. The maximum Gasteiger partial charge on any atom is 0.0337 e. The molecule has 0 aromatic heterocycles. The first-order chi connectivity index (χ1) is 8.97. The van der Waals surface area contributed by atoms with Crippen LogP contribution in [0, 0.1) is 17.8 Å². The summed E-state index contributed by atoms with van der Waals surface area (Å²) in [7, 11) is 4.37. The van der Waals surface area contributed by atoms with Crippen LogP contribution in [0.5, 0.6) is 0 Å². The van der Waals surface area contributed by atoms with Gasteiger partial charge in [0.1, 0.15) is 0 Å². The van der Waals surface area contributed by atoms with Crippen LogP contribution in [0.25, 0.3) is 0 Å². The van der Waals surface area contributed by atoms with Crippen molar-refractivity contribution >= 4 is 0 Å². The predicted octanol–water partition coefficient (Wildman–Crippen LogP) is 2.02. The van der Waals surface area contributed by atoms with E-state index in [9.17, 15) is 0 Å². The fraction of sp³-hybridized carbons (Fsp3) is 1.00. The minimum absolute atomic E-state index is 0.359. The molecule has 0 radical (unpaired) electrons. The second-order valence-electron chi connectivity index (χ2n) is 7.53. The highest BCUT2D eigenvalue weighted by Gasteiger charge is 2.48. The molecule has 1 aliphatic carbocycles. The summed E-state index contributed by atoms with van der Waals surface area (Å²) in [5.41, 5.74) is 6.49. The van der Waals surface area contributed by atoms with Crippen molar-refractivity contribution in [2.75, 3.05) is 40.3 Å². The molecule has 2 fully saturated rings. The molecule has 0 aromatic carbocycles.